The van der Waals surface area contributed by atoms with Gasteiger partial charge in [-0.15, -0.1) is 23.2 Å². The molecule has 0 atom stereocenters. The summed E-state index contributed by atoms with van der Waals surface area (Å²) >= 11 is 36.7. The van der Waals surface area contributed by atoms with Crippen LogP contribution in [0, 0.1) is 0 Å². The molecule has 7 heteroatoms. The van der Waals surface area contributed by atoms with Gasteiger partial charge in [-0.05, 0) is 36.1 Å². The van der Waals surface area contributed by atoms with E-state index in [1.165, 1.54) is 0 Å². The van der Waals surface area contributed by atoms with E-state index in [4.69, 9.17) is 74.3 Å². The third-order valence-electron chi connectivity index (χ3n) is 3.19. The van der Waals surface area contributed by atoms with Crippen molar-refractivity contribution in [2.75, 3.05) is 11.8 Å². The largest absolute Gasteiger partial charge is 0.451 e. The normalized spacial score (nSPS) is 10.9. The van der Waals surface area contributed by atoms with Crippen LogP contribution in [0.2, 0.25) is 20.1 Å². The first-order valence-corrected chi connectivity index (χ1v) is 9.31. The second kappa shape index (κ2) is 8.89. The van der Waals surface area contributed by atoms with E-state index < -0.39 is 0 Å². The molecule has 0 saturated carbocycles. The van der Waals surface area contributed by atoms with Crippen LogP contribution in [-0.2, 0) is 12.8 Å². The van der Waals surface area contributed by atoms with E-state index in [0.717, 1.165) is 11.1 Å². The van der Waals surface area contributed by atoms with Crippen molar-refractivity contribution in [2.45, 2.75) is 12.8 Å². The first-order valence-electron chi connectivity index (χ1n) is 6.73. The average Bonchev–Trinajstić information content (AvgIpc) is 2.52. The van der Waals surface area contributed by atoms with E-state index in [0.29, 0.717) is 56.2 Å². The molecule has 0 bridgehead atoms. The van der Waals surface area contributed by atoms with Gasteiger partial charge in [-0.1, -0.05) is 58.5 Å². The molecule has 0 aliphatic heterocycles. The number of ether oxygens (including phenoxy) is 1. The van der Waals surface area contributed by atoms with Gasteiger partial charge in [-0.2, -0.15) is 0 Å². The number of aryl methyl sites for hydroxylation is 2. The van der Waals surface area contributed by atoms with E-state index in [-0.39, 0.29) is 0 Å². The minimum absolute atomic E-state index is 0.308. The fourth-order valence-electron chi connectivity index (χ4n) is 2.03. The van der Waals surface area contributed by atoms with Crippen LogP contribution in [0.25, 0.3) is 0 Å². The number of hydrogen-bond acceptors (Lipinski definition) is 1. The summed E-state index contributed by atoms with van der Waals surface area (Å²) in [6.07, 6.45) is 1.20. The molecule has 23 heavy (non-hydrogen) atoms. The first-order chi connectivity index (χ1) is 11.0. The first kappa shape index (κ1) is 19.3. The van der Waals surface area contributed by atoms with E-state index in [1.54, 1.807) is 12.1 Å². The summed E-state index contributed by atoms with van der Waals surface area (Å²) in [6, 6.07) is 7.03. The second-order valence-electron chi connectivity index (χ2n) is 4.68. The van der Waals surface area contributed by atoms with Crippen LogP contribution in [0.1, 0.15) is 11.1 Å². The maximum absolute atomic E-state index is 6.37. The zero-order chi connectivity index (χ0) is 17.0. The minimum Gasteiger partial charge on any atom is -0.451 e. The topological polar surface area (TPSA) is 9.23 Å². The highest BCUT2D eigenvalue weighted by atomic mass is 35.5. The maximum Gasteiger partial charge on any atom is 0.165 e. The fourth-order valence-corrected chi connectivity index (χ4v) is 3.52. The lowest BCUT2D eigenvalue weighted by Gasteiger charge is -2.16. The van der Waals surface area contributed by atoms with E-state index in [9.17, 15) is 0 Å². The highest BCUT2D eigenvalue weighted by molar-refractivity contribution is 6.39. The molecule has 2 aromatic rings. The average molecular weight is 433 g/mol. The molecule has 0 radical (unpaired) electrons. The molecule has 1 nitrogen and oxygen atoms in total. The van der Waals surface area contributed by atoms with Crippen LogP contribution in [0.3, 0.4) is 0 Å². The highest BCUT2D eigenvalue weighted by Gasteiger charge is 2.18. The summed E-state index contributed by atoms with van der Waals surface area (Å²) in [4.78, 5) is 0. The van der Waals surface area contributed by atoms with Crippen molar-refractivity contribution in [1.82, 2.24) is 0 Å². The zero-order valence-corrected chi connectivity index (χ0v) is 16.3. The molecule has 0 fully saturated rings. The molecule has 0 saturated heterocycles. The van der Waals surface area contributed by atoms with Crippen molar-refractivity contribution in [3.8, 4) is 11.5 Å². The van der Waals surface area contributed by atoms with E-state index in [2.05, 4.69) is 0 Å². The molecular weight excluding hydrogens is 421 g/mol. The van der Waals surface area contributed by atoms with Gasteiger partial charge < -0.3 is 4.74 Å². The number of halogens is 6. The van der Waals surface area contributed by atoms with Gasteiger partial charge in [0.1, 0.15) is 0 Å². The van der Waals surface area contributed by atoms with Crippen LogP contribution in [0.15, 0.2) is 24.3 Å². The number of rotatable bonds is 6. The van der Waals surface area contributed by atoms with Crippen LogP contribution >= 0.6 is 69.6 Å². The van der Waals surface area contributed by atoms with Crippen LogP contribution < -0.4 is 4.74 Å². The van der Waals surface area contributed by atoms with Crippen LogP contribution in [0.5, 0.6) is 11.5 Å². The van der Waals surface area contributed by atoms with Gasteiger partial charge in [-0.25, -0.2) is 0 Å². The molecule has 2 aromatic carbocycles. The molecule has 0 aliphatic rings. The van der Waals surface area contributed by atoms with E-state index >= 15 is 0 Å². The number of benzene rings is 2. The number of alkyl halides is 2. The highest BCUT2D eigenvalue weighted by Crippen LogP contribution is 2.44. The van der Waals surface area contributed by atoms with Gasteiger partial charge in [-0.3, -0.25) is 0 Å². The molecule has 0 aliphatic carbocycles. The molecule has 0 amide bonds. The van der Waals surface area contributed by atoms with Crippen molar-refractivity contribution in [2.24, 2.45) is 0 Å². The SMILES string of the molecule is ClCCc1ccc(Cl)c(Oc2c(Cl)ccc(CCCl)c2Cl)c1Cl. The Labute approximate surface area is 165 Å². The molecular formula is C16H12Cl6O. The molecule has 0 unspecified atom stereocenters. The lowest BCUT2D eigenvalue weighted by atomic mass is 10.1. The zero-order valence-electron chi connectivity index (χ0n) is 11.8. The summed E-state index contributed by atoms with van der Waals surface area (Å²) in [5.41, 5.74) is 1.68. The van der Waals surface area contributed by atoms with Crippen molar-refractivity contribution >= 4 is 69.6 Å². The van der Waals surface area contributed by atoms with Crippen LogP contribution in [-0.4, -0.2) is 11.8 Å². The van der Waals surface area contributed by atoms with Gasteiger partial charge >= 0.3 is 0 Å². The Morgan fingerprint density at radius 1 is 0.652 bits per heavy atom. The Balaban J connectivity index is 2.47. The Kier molecular flexibility index (Phi) is 7.47. The van der Waals surface area contributed by atoms with Crippen molar-refractivity contribution in [3.63, 3.8) is 0 Å². The molecule has 0 heterocycles. The molecule has 124 valence electrons. The van der Waals surface area contributed by atoms with Crippen LogP contribution in [0.4, 0.5) is 0 Å². The lowest BCUT2D eigenvalue weighted by molar-refractivity contribution is 0.482. The molecule has 2 rings (SSSR count). The predicted octanol–water partition coefficient (Wildman–Crippen LogP) is 7.66. The van der Waals surface area contributed by atoms with Gasteiger partial charge in [0.25, 0.3) is 0 Å². The smallest absolute Gasteiger partial charge is 0.165 e. The Bertz CT molecular complexity index is 642. The second-order valence-corrected chi connectivity index (χ2v) is 7.01. The summed E-state index contributed by atoms with van der Waals surface area (Å²) in [5, 5.41) is 1.52. The fraction of sp³-hybridized carbons (Fsp3) is 0.250. The molecule has 0 aromatic heterocycles. The van der Waals surface area contributed by atoms with Gasteiger partial charge in [0.15, 0.2) is 11.5 Å². The Morgan fingerprint density at radius 2 is 1.04 bits per heavy atom. The summed E-state index contributed by atoms with van der Waals surface area (Å²) in [7, 11) is 0. The lowest BCUT2D eigenvalue weighted by Crippen LogP contribution is -1.96. The summed E-state index contributed by atoms with van der Waals surface area (Å²) in [6.45, 7) is 0. The minimum atomic E-state index is 0.308. The van der Waals surface area contributed by atoms with Gasteiger partial charge in [0.05, 0.1) is 20.1 Å². The maximum atomic E-state index is 6.37. The van der Waals surface area contributed by atoms with Crippen molar-refractivity contribution in [3.05, 3.63) is 55.5 Å². The molecule has 0 spiro atoms. The van der Waals surface area contributed by atoms with Gasteiger partial charge in [0, 0.05) is 11.8 Å². The molecule has 0 N–H and O–H groups in total. The van der Waals surface area contributed by atoms with Crippen molar-refractivity contribution < 1.29 is 4.74 Å². The van der Waals surface area contributed by atoms with E-state index in [1.807, 2.05) is 12.1 Å². The number of hydrogen-bond donors (Lipinski definition) is 0. The monoisotopic (exact) mass is 430 g/mol. The third-order valence-corrected chi connectivity index (χ3v) is 4.99. The summed E-state index contributed by atoms with van der Waals surface area (Å²) < 4.78 is 5.86. The standard InChI is InChI=1S/C16H12Cl6O/c17-7-5-9-1-3-11(19)15(13(9)21)23-16-12(20)4-2-10(6-8-18)14(16)22/h1-4H,5-8H2. The van der Waals surface area contributed by atoms with Crippen molar-refractivity contribution in [1.29, 1.82) is 0 Å². The quantitative estimate of drug-likeness (QED) is 0.426. The Morgan fingerprint density at radius 3 is 1.39 bits per heavy atom. The summed E-state index contributed by atoms with van der Waals surface area (Å²) in [5.74, 6) is 1.49. The Hall–Kier alpha value is -0.0200. The predicted molar refractivity (Wildman–Crippen MR) is 102 cm³/mol. The third kappa shape index (κ3) is 4.54. The van der Waals surface area contributed by atoms with Gasteiger partial charge in [0.2, 0.25) is 0 Å².